The Labute approximate surface area is 77.5 Å². The molecule has 0 saturated carbocycles. The van der Waals surface area contributed by atoms with Crippen LogP contribution in [0.1, 0.15) is 5.69 Å². The molecular formula is C10H14N2O. The van der Waals surface area contributed by atoms with Gasteiger partial charge in [-0.05, 0) is 18.1 Å². The number of aromatic amines is 1. The monoisotopic (exact) mass is 178 g/mol. The number of H-pyrrole nitrogens is 1. The molecule has 3 rings (SSSR count). The highest BCUT2D eigenvalue weighted by Gasteiger charge is 2.49. The van der Waals surface area contributed by atoms with Gasteiger partial charge in [0.2, 0.25) is 0 Å². The van der Waals surface area contributed by atoms with E-state index in [1.165, 1.54) is 5.69 Å². The minimum Gasteiger partial charge on any atom is -0.379 e. The summed E-state index contributed by atoms with van der Waals surface area (Å²) in [7, 11) is 0. The van der Waals surface area contributed by atoms with E-state index in [2.05, 4.69) is 22.4 Å². The number of aromatic nitrogens is 1. The summed E-state index contributed by atoms with van der Waals surface area (Å²) >= 11 is 0. The highest BCUT2D eigenvalue weighted by molar-refractivity contribution is 5.24. The summed E-state index contributed by atoms with van der Waals surface area (Å²) in [6.45, 7) is 4.06. The van der Waals surface area contributed by atoms with Gasteiger partial charge >= 0.3 is 0 Å². The molecule has 2 N–H and O–H groups in total. The van der Waals surface area contributed by atoms with Gasteiger partial charge in [-0.25, -0.2) is 0 Å². The van der Waals surface area contributed by atoms with E-state index in [0.717, 1.165) is 32.2 Å². The van der Waals surface area contributed by atoms with Crippen molar-refractivity contribution in [3.05, 3.63) is 24.0 Å². The van der Waals surface area contributed by atoms with E-state index in [1.807, 2.05) is 6.20 Å². The minimum atomic E-state index is 0.300. The molecule has 0 atom stereocenters. The average Bonchev–Trinajstić information content (AvgIpc) is 2.43. The largest absolute Gasteiger partial charge is 0.379 e. The molecule has 13 heavy (non-hydrogen) atoms. The van der Waals surface area contributed by atoms with Gasteiger partial charge < -0.3 is 15.0 Å². The zero-order chi connectivity index (χ0) is 8.73. The topological polar surface area (TPSA) is 37.0 Å². The fourth-order valence-corrected chi connectivity index (χ4v) is 2.25. The predicted octanol–water partition coefficient (Wildman–Crippen LogP) is 0.502. The summed E-state index contributed by atoms with van der Waals surface area (Å²) < 4.78 is 5.37. The first-order valence-corrected chi connectivity index (χ1v) is 4.84. The van der Waals surface area contributed by atoms with Gasteiger partial charge in [-0.15, -0.1) is 0 Å². The molecular weight excluding hydrogens is 164 g/mol. The first-order chi connectivity index (χ1) is 6.42. The van der Waals surface area contributed by atoms with Crippen molar-refractivity contribution >= 4 is 0 Å². The van der Waals surface area contributed by atoms with Crippen molar-refractivity contribution in [2.75, 3.05) is 26.3 Å². The Kier molecular flexibility index (Phi) is 1.51. The second kappa shape index (κ2) is 2.59. The molecule has 0 spiro atoms. The van der Waals surface area contributed by atoms with Gasteiger partial charge in [0.05, 0.1) is 18.6 Å². The molecule has 3 heterocycles. The smallest absolute Gasteiger partial charge is 0.0623 e. The van der Waals surface area contributed by atoms with E-state index in [1.54, 1.807) is 0 Å². The molecule has 2 aliphatic rings. The summed E-state index contributed by atoms with van der Waals surface area (Å²) in [5.74, 6) is 0.764. The number of hydrogen-bond acceptors (Lipinski definition) is 2. The molecule has 70 valence electrons. The lowest BCUT2D eigenvalue weighted by atomic mass is 9.68. The molecule has 2 fully saturated rings. The molecule has 2 aliphatic heterocycles. The van der Waals surface area contributed by atoms with Crippen LogP contribution < -0.4 is 5.32 Å². The molecule has 3 nitrogen and oxygen atoms in total. The van der Waals surface area contributed by atoms with Gasteiger partial charge in [-0.3, -0.25) is 0 Å². The van der Waals surface area contributed by atoms with Crippen LogP contribution in [0.4, 0.5) is 0 Å². The standard InChI is InChI=1S/C10H14N2O/c1-2-9(12-3-1)10(6-13-7-10)8-4-11-5-8/h1-3,8,11-12H,4-7H2. The lowest BCUT2D eigenvalue weighted by Gasteiger charge is -2.50. The highest BCUT2D eigenvalue weighted by Crippen LogP contribution is 2.40. The summed E-state index contributed by atoms with van der Waals surface area (Å²) in [6, 6.07) is 4.25. The maximum atomic E-state index is 5.37. The number of nitrogens with one attached hydrogen (secondary N) is 2. The van der Waals surface area contributed by atoms with Gasteiger partial charge in [0.1, 0.15) is 0 Å². The van der Waals surface area contributed by atoms with Crippen LogP contribution in [0.15, 0.2) is 18.3 Å². The molecule has 1 aromatic heterocycles. The Bertz CT molecular complexity index is 286. The lowest BCUT2D eigenvalue weighted by molar-refractivity contribution is -0.103. The van der Waals surface area contributed by atoms with E-state index < -0.39 is 0 Å². The normalized spacial score (nSPS) is 26.5. The van der Waals surface area contributed by atoms with Crippen LogP contribution in [-0.2, 0) is 10.2 Å². The summed E-state index contributed by atoms with van der Waals surface area (Å²) in [4.78, 5) is 3.32. The Morgan fingerprint density at radius 1 is 1.38 bits per heavy atom. The Morgan fingerprint density at radius 3 is 2.62 bits per heavy atom. The third-order valence-electron chi connectivity index (χ3n) is 3.42. The lowest BCUT2D eigenvalue weighted by Crippen LogP contribution is -2.62. The van der Waals surface area contributed by atoms with Crippen molar-refractivity contribution in [2.45, 2.75) is 5.41 Å². The summed E-state index contributed by atoms with van der Waals surface area (Å²) in [5.41, 5.74) is 1.65. The molecule has 1 aromatic rings. The Balaban J connectivity index is 1.91. The fourth-order valence-electron chi connectivity index (χ4n) is 2.25. The molecule has 0 aromatic carbocycles. The van der Waals surface area contributed by atoms with Gasteiger partial charge in [-0.1, -0.05) is 0 Å². The second-order valence-electron chi connectivity index (χ2n) is 4.09. The van der Waals surface area contributed by atoms with Crippen molar-refractivity contribution < 1.29 is 4.74 Å². The van der Waals surface area contributed by atoms with E-state index in [0.29, 0.717) is 5.41 Å². The number of rotatable bonds is 2. The van der Waals surface area contributed by atoms with Crippen LogP contribution in [0.25, 0.3) is 0 Å². The second-order valence-corrected chi connectivity index (χ2v) is 4.09. The molecule has 0 aliphatic carbocycles. The SMILES string of the molecule is c1c[nH]c(C2(C3CNC3)COC2)c1. The average molecular weight is 178 g/mol. The van der Waals surface area contributed by atoms with E-state index >= 15 is 0 Å². The molecule has 0 amide bonds. The first kappa shape index (κ1) is 7.59. The maximum Gasteiger partial charge on any atom is 0.0623 e. The van der Waals surface area contributed by atoms with Gasteiger partial charge in [0, 0.05) is 25.0 Å². The van der Waals surface area contributed by atoms with Crippen LogP contribution in [0.2, 0.25) is 0 Å². The molecule has 0 bridgehead atoms. The zero-order valence-electron chi connectivity index (χ0n) is 7.55. The van der Waals surface area contributed by atoms with Crippen LogP contribution in [0, 0.1) is 5.92 Å². The molecule has 0 unspecified atom stereocenters. The Hall–Kier alpha value is -0.800. The third kappa shape index (κ3) is 0.914. The van der Waals surface area contributed by atoms with Crippen LogP contribution >= 0.6 is 0 Å². The Morgan fingerprint density at radius 2 is 2.23 bits per heavy atom. The fraction of sp³-hybridized carbons (Fsp3) is 0.600. The van der Waals surface area contributed by atoms with E-state index in [4.69, 9.17) is 4.74 Å². The van der Waals surface area contributed by atoms with Crippen molar-refractivity contribution in [3.63, 3.8) is 0 Å². The quantitative estimate of drug-likeness (QED) is 0.692. The summed E-state index contributed by atoms with van der Waals surface area (Å²) in [5, 5.41) is 3.33. The van der Waals surface area contributed by atoms with Crippen molar-refractivity contribution in [2.24, 2.45) is 5.92 Å². The van der Waals surface area contributed by atoms with Crippen LogP contribution in [-0.4, -0.2) is 31.3 Å². The first-order valence-electron chi connectivity index (χ1n) is 4.84. The number of hydrogen-bond donors (Lipinski definition) is 2. The maximum absolute atomic E-state index is 5.37. The van der Waals surface area contributed by atoms with Gasteiger partial charge in [0.25, 0.3) is 0 Å². The molecule has 0 radical (unpaired) electrons. The minimum absolute atomic E-state index is 0.300. The third-order valence-corrected chi connectivity index (χ3v) is 3.42. The highest BCUT2D eigenvalue weighted by atomic mass is 16.5. The number of ether oxygens (including phenoxy) is 1. The molecule has 3 heteroatoms. The summed E-state index contributed by atoms with van der Waals surface area (Å²) in [6.07, 6.45) is 2.00. The molecule has 2 saturated heterocycles. The van der Waals surface area contributed by atoms with Crippen LogP contribution in [0.5, 0.6) is 0 Å². The van der Waals surface area contributed by atoms with Crippen molar-refractivity contribution in [1.82, 2.24) is 10.3 Å². The predicted molar refractivity (Wildman–Crippen MR) is 49.6 cm³/mol. The van der Waals surface area contributed by atoms with Crippen LogP contribution in [0.3, 0.4) is 0 Å². The van der Waals surface area contributed by atoms with Gasteiger partial charge in [0.15, 0.2) is 0 Å². The van der Waals surface area contributed by atoms with E-state index in [-0.39, 0.29) is 0 Å². The van der Waals surface area contributed by atoms with Crippen molar-refractivity contribution in [1.29, 1.82) is 0 Å². The van der Waals surface area contributed by atoms with Crippen molar-refractivity contribution in [3.8, 4) is 0 Å². The zero-order valence-corrected chi connectivity index (χ0v) is 7.55. The van der Waals surface area contributed by atoms with Gasteiger partial charge in [-0.2, -0.15) is 0 Å². The van der Waals surface area contributed by atoms with E-state index in [9.17, 15) is 0 Å².